The molecule has 1 heterocycles. The lowest BCUT2D eigenvalue weighted by atomic mass is 9.97. The maximum Gasteiger partial charge on any atom is 0.115 e. The van der Waals surface area contributed by atoms with Gasteiger partial charge in [0, 0.05) is 11.1 Å². The van der Waals surface area contributed by atoms with Gasteiger partial charge < -0.3 is 0 Å². The van der Waals surface area contributed by atoms with E-state index in [2.05, 4.69) is 16.3 Å². The van der Waals surface area contributed by atoms with E-state index in [1.165, 1.54) is 4.90 Å². The van der Waals surface area contributed by atoms with E-state index >= 15 is 0 Å². The van der Waals surface area contributed by atoms with Crippen LogP contribution in [0.4, 0.5) is 0 Å². The Balaban J connectivity index is 2.33. The molecule has 0 aliphatic rings. The summed E-state index contributed by atoms with van der Waals surface area (Å²) < 4.78 is 0. The summed E-state index contributed by atoms with van der Waals surface area (Å²) in [5, 5.41) is 17.0. The SMILES string of the molecule is CSc1ccc(C(C#N)c2cccnn2)cc1. The van der Waals surface area contributed by atoms with Crippen molar-refractivity contribution in [2.24, 2.45) is 0 Å². The highest BCUT2D eigenvalue weighted by atomic mass is 32.2. The smallest absolute Gasteiger partial charge is 0.115 e. The quantitative estimate of drug-likeness (QED) is 0.775. The molecule has 0 bridgehead atoms. The molecule has 17 heavy (non-hydrogen) atoms. The van der Waals surface area contributed by atoms with Gasteiger partial charge in [-0.25, -0.2) is 0 Å². The van der Waals surface area contributed by atoms with Crippen LogP contribution in [-0.2, 0) is 0 Å². The molecule has 3 nitrogen and oxygen atoms in total. The minimum atomic E-state index is -0.348. The van der Waals surface area contributed by atoms with Crippen LogP contribution in [0.1, 0.15) is 17.2 Å². The summed E-state index contributed by atoms with van der Waals surface area (Å²) in [4.78, 5) is 1.18. The second-order valence-electron chi connectivity index (χ2n) is 3.48. The van der Waals surface area contributed by atoms with Crippen LogP contribution < -0.4 is 0 Å². The predicted molar refractivity (Wildman–Crippen MR) is 67.7 cm³/mol. The fraction of sp³-hybridized carbons (Fsp3) is 0.154. The number of hydrogen-bond donors (Lipinski definition) is 0. The van der Waals surface area contributed by atoms with Crippen molar-refractivity contribution in [2.75, 3.05) is 6.26 Å². The van der Waals surface area contributed by atoms with Gasteiger partial charge in [-0.2, -0.15) is 15.5 Å². The maximum atomic E-state index is 9.24. The molecule has 0 aliphatic heterocycles. The van der Waals surface area contributed by atoms with Crippen LogP contribution in [0, 0.1) is 11.3 Å². The Hall–Kier alpha value is -1.86. The lowest BCUT2D eigenvalue weighted by Crippen LogP contribution is -2.01. The second-order valence-corrected chi connectivity index (χ2v) is 4.36. The molecule has 4 heteroatoms. The molecule has 2 rings (SSSR count). The van der Waals surface area contributed by atoms with E-state index in [9.17, 15) is 5.26 Å². The van der Waals surface area contributed by atoms with Crippen LogP contribution in [-0.4, -0.2) is 16.5 Å². The van der Waals surface area contributed by atoms with E-state index in [4.69, 9.17) is 0 Å². The lowest BCUT2D eigenvalue weighted by Gasteiger charge is -2.08. The monoisotopic (exact) mass is 241 g/mol. The third-order valence-electron chi connectivity index (χ3n) is 2.47. The van der Waals surface area contributed by atoms with Gasteiger partial charge in [0.15, 0.2) is 0 Å². The van der Waals surface area contributed by atoms with Crippen molar-refractivity contribution in [1.29, 1.82) is 5.26 Å². The molecular formula is C13H11N3S. The first-order valence-corrected chi connectivity index (χ1v) is 6.39. The van der Waals surface area contributed by atoms with Crippen molar-refractivity contribution in [3.8, 4) is 6.07 Å². The van der Waals surface area contributed by atoms with Crippen LogP contribution in [0.5, 0.6) is 0 Å². The van der Waals surface area contributed by atoms with Gasteiger partial charge >= 0.3 is 0 Å². The fourth-order valence-electron chi connectivity index (χ4n) is 1.58. The summed E-state index contributed by atoms with van der Waals surface area (Å²) in [5.74, 6) is -0.348. The first-order chi connectivity index (χ1) is 8.35. The molecule has 0 fully saturated rings. The Morgan fingerprint density at radius 3 is 2.53 bits per heavy atom. The molecule has 1 aromatic carbocycles. The van der Waals surface area contributed by atoms with Gasteiger partial charge in [0.05, 0.1) is 11.8 Å². The van der Waals surface area contributed by atoms with Crippen molar-refractivity contribution in [2.45, 2.75) is 10.8 Å². The average Bonchev–Trinajstić information content (AvgIpc) is 2.42. The minimum absolute atomic E-state index is 0.348. The molecule has 0 aliphatic carbocycles. The van der Waals surface area contributed by atoms with Crippen molar-refractivity contribution in [1.82, 2.24) is 10.2 Å². The number of nitrogens with zero attached hydrogens (tertiary/aromatic N) is 3. The Morgan fingerprint density at radius 1 is 1.24 bits per heavy atom. The normalized spacial score (nSPS) is 11.8. The first kappa shape index (κ1) is 11.6. The Bertz CT molecular complexity index is 517. The van der Waals surface area contributed by atoms with Gasteiger partial charge in [0.2, 0.25) is 0 Å². The van der Waals surface area contributed by atoms with Crippen LogP contribution >= 0.6 is 11.8 Å². The molecular weight excluding hydrogens is 230 g/mol. The van der Waals surface area contributed by atoms with Crippen LogP contribution in [0.25, 0.3) is 0 Å². The van der Waals surface area contributed by atoms with Crippen molar-refractivity contribution < 1.29 is 0 Å². The highest BCUT2D eigenvalue weighted by Gasteiger charge is 2.14. The average molecular weight is 241 g/mol. The maximum absolute atomic E-state index is 9.24. The van der Waals surface area contributed by atoms with E-state index in [1.54, 1.807) is 24.0 Å². The number of rotatable bonds is 3. The Kier molecular flexibility index (Phi) is 3.73. The van der Waals surface area contributed by atoms with Gasteiger partial charge in [0.1, 0.15) is 5.92 Å². The number of thioether (sulfide) groups is 1. The molecule has 2 aromatic rings. The molecule has 1 aromatic heterocycles. The molecule has 84 valence electrons. The summed E-state index contributed by atoms with van der Waals surface area (Å²) in [6.45, 7) is 0. The Morgan fingerprint density at radius 2 is 2.00 bits per heavy atom. The highest BCUT2D eigenvalue weighted by Crippen LogP contribution is 2.24. The zero-order valence-corrected chi connectivity index (χ0v) is 10.2. The van der Waals surface area contributed by atoms with Gasteiger partial charge in [-0.05, 0) is 36.1 Å². The molecule has 0 spiro atoms. The van der Waals surface area contributed by atoms with Gasteiger partial charge in [-0.1, -0.05) is 12.1 Å². The predicted octanol–water partition coefficient (Wildman–Crippen LogP) is 2.85. The molecule has 0 radical (unpaired) electrons. The van der Waals surface area contributed by atoms with Crippen molar-refractivity contribution in [3.63, 3.8) is 0 Å². The van der Waals surface area contributed by atoms with Crippen LogP contribution in [0.2, 0.25) is 0 Å². The number of hydrogen-bond acceptors (Lipinski definition) is 4. The van der Waals surface area contributed by atoms with E-state index in [0.717, 1.165) is 5.56 Å². The molecule has 0 saturated carbocycles. The van der Waals surface area contributed by atoms with Crippen LogP contribution in [0.3, 0.4) is 0 Å². The van der Waals surface area contributed by atoms with Crippen LogP contribution in [0.15, 0.2) is 47.5 Å². The summed E-state index contributed by atoms with van der Waals surface area (Å²) >= 11 is 1.68. The van der Waals surface area contributed by atoms with Crippen molar-refractivity contribution in [3.05, 3.63) is 53.9 Å². The third kappa shape index (κ3) is 2.63. The van der Waals surface area contributed by atoms with Crippen molar-refractivity contribution >= 4 is 11.8 Å². The fourth-order valence-corrected chi connectivity index (χ4v) is 1.98. The molecule has 0 amide bonds. The summed E-state index contributed by atoms with van der Waals surface area (Å²) in [7, 11) is 0. The molecule has 0 saturated heterocycles. The second kappa shape index (κ2) is 5.46. The standard InChI is InChI=1S/C13H11N3S/c1-17-11-6-4-10(5-7-11)12(9-14)13-3-2-8-15-16-13/h2-8,12H,1H3. The zero-order valence-electron chi connectivity index (χ0n) is 9.37. The summed E-state index contributed by atoms with van der Waals surface area (Å²) in [6.07, 6.45) is 3.63. The molecule has 1 unspecified atom stereocenters. The van der Waals surface area contributed by atoms with E-state index in [-0.39, 0.29) is 5.92 Å². The topological polar surface area (TPSA) is 49.6 Å². The number of aromatic nitrogens is 2. The molecule has 1 atom stereocenters. The van der Waals surface area contributed by atoms with E-state index < -0.39 is 0 Å². The summed E-state index contributed by atoms with van der Waals surface area (Å²) in [6, 6.07) is 13.8. The van der Waals surface area contributed by atoms with E-state index in [0.29, 0.717) is 5.69 Å². The Labute approximate surface area is 105 Å². The lowest BCUT2D eigenvalue weighted by molar-refractivity contribution is 0.883. The van der Waals surface area contributed by atoms with Gasteiger partial charge in [-0.3, -0.25) is 0 Å². The van der Waals surface area contributed by atoms with Gasteiger partial charge in [0.25, 0.3) is 0 Å². The molecule has 0 N–H and O–H groups in total. The third-order valence-corrected chi connectivity index (χ3v) is 3.21. The first-order valence-electron chi connectivity index (χ1n) is 5.16. The van der Waals surface area contributed by atoms with E-state index in [1.807, 2.05) is 36.6 Å². The largest absolute Gasteiger partial charge is 0.197 e. The number of nitriles is 1. The number of benzene rings is 1. The zero-order chi connectivity index (χ0) is 12.1. The van der Waals surface area contributed by atoms with Gasteiger partial charge in [-0.15, -0.1) is 11.8 Å². The summed E-state index contributed by atoms with van der Waals surface area (Å²) in [5.41, 5.74) is 1.64. The highest BCUT2D eigenvalue weighted by molar-refractivity contribution is 7.98. The minimum Gasteiger partial charge on any atom is -0.197 e.